The first-order valence-corrected chi connectivity index (χ1v) is 3.83. The molecule has 3 N–H and O–H groups in total. The molecule has 0 saturated carbocycles. The normalized spacial score (nSPS) is 12.5. The fraction of sp³-hybridized carbons (Fsp3) is 0.222. The Labute approximate surface area is 79.2 Å². The lowest BCUT2D eigenvalue weighted by Gasteiger charge is -2.09. The van der Waals surface area contributed by atoms with Crippen LogP contribution in [0.3, 0.4) is 0 Å². The van der Waals surface area contributed by atoms with E-state index >= 15 is 0 Å². The minimum Gasteiger partial charge on any atom is -0.505 e. The van der Waals surface area contributed by atoms with E-state index in [1.807, 2.05) is 0 Å². The van der Waals surface area contributed by atoms with E-state index in [0.717, 1.165) is 6.07 Å². The highest BCUT2D eigenvalue weighted by Crippen LogP contribution is 2.28. The third-order valence-electron chi connectivity index (χ3n) is 1.77. The Morgan fingerprint density at radius 2 is 2.07 bits per heavy atom. The van der Waals surface area contributed by atoms with Crippen molar-refractivity contribution < 1.29 is 24.5 Å². The van der Waals surface area contributed by atoms with Crippen LogP contribution < -0.4 is 0 Å². The summed E-state index contributed by atoms with van der Waals surface area (Å²) in [6.07, 6.45) is -1.91. The molecule has 0 aliphatic carbocycles. The number of carboxylic acid groups (broad SMARTS) is 1. The zero-order valence-corrected chi connectivity index (χ0v) is 7.36. The van der Waals surface area contributed by atoms with Gasteiger partial charge < -0.3 is 15.3 Å². The van der Waals surface area contributed by atoms with Crippen LogP contribution in [-0.4, -0.2) is 21.3 Å². The van der Waals surface area contributed by atoms with Crippen LogP contribution in [-0.2, 0) is 4.79 Å². The Hall–Kier alpha value is -1.62. The van der Waals surface area contributed by atoms with E-state index in [9.17, 15) is 9.18 Å². The fourth-order valence-electron chi connectivity index (χ4n) is 1.10. The van der Waals surface area contributed by atoms with Crippen molar-refractivity contribution in [2.75, 3.05) is 0 Å². The van der Waals surface area contributed by atoms with Gasteiger partial charge in [-0.1, -0.05) is 0 Å². The zero-order valence-electron chi connectivity index (χ0n) is 7.36. The molecule has 1 rings (SSSR count). The van der Waals surface area contributed by atoms with Crippen LogP contribution >= 0.6 is 0 Å². The maximum atomic E-state index is 12.9. The van der Waals surface area contributed by atoms with E-state index in [1.54, 1.807) is 0 Å². The number of aromatic hydroxyl groups is 1. The van der Waals surface area contributed by atoms with Gasteiger partial charge in [0.2, 0.25) is 0 Å². The Bertz CT molecular complexity index is 375. The standard InChI is InChI=1S/C9H9FO4/c1-4-2-5(8(12)9(13)14)7(11)6(10)3-4/h2-3,8,11-12H,1H3,(H,13,14). The van der Waals surface area contributed by atoms with Crippen LogP contribution in [0.1, 0.15) is 17.2 Å². The molecule has 0 aliphatic heterocycles. The fourth-order valence-corrected chi connectivity index (χ4v) is 1.10. The number of phenolic OH excluding ortho intramolecular Hbond substituents is 1. The van der Waals surface area contributed by atoms with Crippen LogP contribution in [0.15, 0.2) is 12.1 Å². The SMILES string of the molecule is Cc1cc(F)c(O)c(C(O)C(=O)O)c1. The van der Waals surface area contributed by atoms with Gasteiger partial charge in [0.05, 0.1) is 0 Å². The van der Waals surface area contributed by atoms with Gasteiger partial charge in [-0.2, -0.15) is 0 Å². The molecule has 1 unspecified atom stereocenters. The van der Waals surface area contributed by atoms with Crippen molar-refractivity contribution in [3.8, 4) is 5.75 Å². The van der Waals surface area contributed by atoms with Crippen LogP contribution in [0.2, 0.25) is 0 Å². The van der Waals surface area contributed by atoms with E-state index in [-0.39, 0.29) is 5.56 Å². The average molecular weight is 200 g/mol. The first-order valence-electron chi connectivity index (χ1n) is 3.83. The molecule has 0 aliphatic rings. The van der Waals surface area contributed by atoms with Gasteiger partial charge in [-0.05, 0) is 24.6 Å². The summed E-state index contributed by atoms with van der Waals surface area (Å²) in [4.78, 5) is 10.4. The topological polar surface area (TPSA) is 77.8 Å². The molecule has 5 heteroatoms. The van der Waals surface area contributed by atoms with Crippen LogP contribution in [0.4, 0.5) is 4.39 Å². The molecule has 0 fully saturated rings. The first-order chi connectivity index (χ1) is 6.43. The molecule has 0 saturated heterocycles. The molecule has 0 heterocycles. The van der Waals surface area contributed by atoms with Crippen molar-refractivity contribution in [1.82, 2.24) is 0 Å². The van der Waals surface area contributed by atoms with Gasteiger partial charge in [0.1, 0.15) is 0 Å². The molecule has 0 bridgehead atoms. The van der Waals surface area contributed by atoms with Gasteiger partial charge in [-0.15, -0.1) is 0 Å². The van der Waals surface area contributed by atoms with Crippen molar-refractivity contribution >= 4 is 5.97 Å². The van der Waals surface area contributed by atoms with E-state index in [1.165, 1.54) is 13.0 Å². The molecular formula is C9H9FO4. The number of halogens is 1. The molecule has 14 heavy (non-hydrogen) atoms. The summed E-state index contributed by atoms with van der Waals surface area (Å²) in [5, 5.41) is 26.7. The summed E-state index contributed by atoms with van der Waals surface area (Å²) in [5.41, 5.74) is 0.0885. The van der Waals surface area contributed by atoms with Crippen LogP contribution in [0, 0.1) is 12.7 Å². The summed E-state index contributed by atoms with van der Waals surface area (Å²) in [6, 6.07) is 2.27. The summed E-state index contributed by atoms with van der Waals surface area (Å²) < 4.78 is 12.9. The summed E-state index contributed by atoms with van der Waals surface area (Å²) in [6.45, 7) is 1.53. The highest BCUT2D eigenvalue weighted by atomic mass is 19.1. The molecule has 0 amide bonds. The minimum absolute atomic E-state index is 0.338. The number of rotatable bonds is 2. The predicted octanol–water partition coefficient (Wildman–Crippen LogP) is 0.958. The van der Waals surface area contributed by atoms with Gasteiger partial charge in [0, 0.05) is 5.56 Å². The molecular weight excluding hydrogens is 191 g/mol. The number of benzene rings is 1. The van der Waals surface area contributed by atoms with Gasteiger partial charge in [-0.25, -0.2) is 9.18 Å². The summed E-state index contributed by atoms with van der Waals surface area (Å²) >= 11 is 0. The average Bonchev–Trinajstić information content (AvgIpc) is 2.09. The Morgan fingerprint density at radius 1 is 1.50 bits per heavy atom. The van der Waals surface area contributed by atoms with Crippen molar-refractivity contribution in [3.05, 3.63) is 29.1 Å². The number of aliphatic carboxylic acids is 1. The van der Waals surface area contributed by atoms with E-state index in [4.69, 9.17) is 15.3 Å². The van der Waals surface area contributed by atoms with E-state index in [2.05, 4.69) is 0 Å². The maximum Gasteiger partial charge on any atom is 0.337 e. The second kappa shape index (κ2) is 3.63. The second-order valence-electron chi connectivity index (χ2n) is 2.93. The Morgan fingerprint density at radius 3 is 2.57 bits per heavy atom. The molecule has 0 spiro atoms. The van der Waals surface area contributed by atoms with E-state index < -0.39 is 23.6 Å². The lowest BCUT2D eigenvalue weighted by Crippen LogP contribution is -2.11. The minimum atomic E-state index is -1.91. The van der Waals surface area contributed by atoms with Crippen molar-refractivity contribution in [3.63, 3.8) is 0 Å². The van der Waals surface area contributed by atoms with Gasteiger partial charge in [0.15, 0.2) is 17.7 Å². The molecule has 1 atom stereocenters. The Balaban J connectivity index is 3.26. The van der Waals surface area contributed by atoms with Crippen LogP contribution in [0.25, 0.3) is 0 Å². The van der Waals surface area contributed by atoms with Crippen molar-refractivity contribution in [1.29, 1.82) is 0 Å². The lowest BCUT2D eigenvalue weighted by molar-refractivity contribution is -0.147. The second-order valence-corrected chi connectivity index (χ2v) is 2.93. The number of carbonyl (C=O) groups is 1. The molecule has 0 aromatic heterocycles. The van der Waals surface area contributed by atoms with Gasteiger partial charge >= 0.3 is 5.97 Å². The summed E-state index contributed by atoms with van der Waals surface area (Å²) in [7, 11) is 0. The third-order valence-corrected chi connectivity index (χ3v) is 1.77. The molecule has 1 aromatic carbocycles. The molecule has 76 valence electrons. The maximum absolute atomic E-state index is 12.9. The molecule has 4 nitrogen and oxygen atoms in total. The monoisotopic (exact) mass is 200 g/mol. The number of aryl methyl sites for hydroxylation is 1. The largest absolute Gasteiger partial charge is 0.505 e. The summed E-state index contributed by atoms with van der Waals surface area (Å²) in [5.74, 6) is -3.31. The van der Waals surface area contributed by atoms with Gasteiger partial charge in [-0.3, -0.25) is 0 Å². The molecule has 0 radical (unpaired) electrons. The van der Waals surface area contributed by atoms with Gasteiger partial charge in [0.25, 0.3) is 0 Å². The highest BCUT2D eigenvalue weighted by Gasteiger charge is 2.21. The Kier molecular flexibility index (Phi) is 2.71. The number of aliphatic hydroxyl groups excluding tert-OH is 1. The molecule has 1 aromatic rings. The lowest BCUT2D eigenvalue weighted by atomic mass is 10.1. The number of hydrogen-bond acceptors (Lipinski definition) is 3. The number of carboxylic acids is 1. The van der Waals surface area contributed by atoms with Crippen molar-refractivity contribution in [2.45, 2.75) is 13.0 Å². The number of aliphatic hydroxyl groups is 1. The zero-order chi connectivity index (χ0) is 10.9. The highest BCUT2D eigenvalue weighted by molar-refractivity contribution is 5.75. The van der Waals surface area contributed by atoms with Crippen LogP contribution in [0.5, 0.6) is 5.75 Å². The number of hydrogen-bond donors (Lipinski definition) is 3. The van der Waals surface area contributed by atoms with Crippen molar-refractivity contribution in [2.24, 2.45) is 0 Å². The first kappa shape index (κ1) is 10.5. The smallest absolute Gasteiger partial charge is 0.337 e. The van der Waals surface area contributed by atoms with E-state index in [0.29, 0.717) is 5.56 Å². The third kappa shape index (κ3) is 1.82. The quantitative estimate of drug-likeness (QED) is 0.664. The number of phenols is 1. The predicted molar refractivity (Wildman–Crippen MR) is 45.4 cm³/mol.